The molecule has 0 radical (unpaired) electrons. The van der Waals surface area contributed by atoms with Gasteiger partial charge in [-0.15, -0.1) is 0 Å². The SMILES string of the molecule is O=C1C[C@H]2[C@@H](c3ccc([N+](=O)[O-])cc3)Nc3ccccc3[C@H]2N1c1ccccc1. The second kappa shape index (κ2) is 6.74. The fourth-order valence-corrected chi connectivity index (χ4v) is 4.62. The van der Waals surface area contributed by atoms with E-state index in [1.807, 2.05) is 53.4 Å². The van der Waals surface area contributed by atoms with Crippen LogP contribution in [0.2, 0.25) is 0 Å². The van der Waals surface area contributed by atoms with E-state index in [2.05, 4.69) is 11.4 Å². The van der Waals surface area contributed by atoms with Gasteiger partial charge in [-0.1, -0.05) is 48.5 Å². The third-order valence-electron chi connectivity index (χ3n) is 5.88. The van der Waals surface area contributed by atoms with E-state index in [4.69, 9.17) is 0 Å². The number of nitrogens with one attached hydrogen (secondary N) is 1. The molecule has 2 aliphatic rings. The molecule has 1 saturated heterocycles. The predicted octanol–water partition coefficient (Wildman–Crippen LogP) is 4.86. The summed E-state index contributed by atoms with van der Waals surface area (Å²) in [5.74, 6) is 0.121. The number of non-ortho nitro benzene ring substituents is 1. The van der Waals surface area contributed by atoms with Crippen LogP contribution in [0.25, 0.3) is 0 Å². The maximum Gasteiger partial charge on any atom is 0.269 e. The summed E-state index contributed by atoms with van der Waals surface area (Å²) in [6.45, 7) is 0. The van der Waals surface area contributed by atoms with Crippen molar-refractivity contribution in [1.29, 1.82) is 0 Å². The largest absolute Gasteiger partial charge is 0.378 e. The van der Waals surface area contributed by atoms with Gasteiger partial charge in [-0.3, -0.25) is 14.9 Å². The third-order valence-corrected chi connectivity index (χ3v) is 5.88. The fraction of sp³-hybridized carbons (Fsp3) is 0.174. The van der Waals surface area contributed by atoms with Crippen molar-refractivity contribution in [1.82, 2.24) is 0 Å². The number of nitro groups is 1. The summed E-state index contributed by atoms with van der Waals surface area (Å²) in [6.07, 6.45) is 0.419. The molecule has 29 heavy (non-hydrogen) atoms. The second-order valence-electron chi connectivity index (χ2n) is 7.47. The van der Waals surface area contributed by atoms with Crippen LogP contribution in [0.3, 0.4) is 0 Å². The summed E-state index contributed by atoms with van der Waals surface area (Å²) in [7, 11) is 0. The van der Waals surface area contributed by atoms with Gasteiger partial charge < -0.3 is 10.2 Å². The number of rotatable bonds is 3. The van der Waals surface area contributed by atoms with Crippen LogP contribution in [0, 0.1) is 16.0 Å². The molecule has 0 aromatic heterocycles. The highest BCUT2D eigenvalue weighted by molar-refractivity contribution is 5.97. The lowest BCUT2D eigenvalue weighted by molar-refractivity contribution is -0.384. The maximum atomic E-state index is 13.1. The number of fused-ring (bicyclic) bond motifs is 3. The van der Waals surface area contributed by atoms with Gasteiger partial charge in [0.05, 0.1) is 17.0 Å². The van der Waals surface area contributed by atoms with E-state index in [1.165, 1.54) is 12.1 Å². The van der Waals surface area contributed by atoms with Gasteiger partial charge in [0, 0.05) is 35.8 Å². The first-order valence-corrected chi connectivity index (χ1v) is 9.60. The molecule has 1 amide bonds. The Hall–Kier alpha value is -3.67. The number of benzene rings is 3. The topological polar surface area (TPSA) is 75.5 Å². The van der Waals surface area contributed by atoms with E-state index in [9.17, 15) is 14.9 Å². The molecule has 6 heteroatoms. The van der Waals surface area contributed by atoms with Crippen LogP contribution >= 0.6 is 0 Å². The average Bonchev–Trinajstić information content (AvgIpc) is 3.11. The Labute approximate surface area is 167 Å². The van der Waals surface area contributed by atoms with Crippen molar-refractivity contribution >= 4 is 23.0 Å². The zero-order chi connectivity index (χ0) is 20.0. The highest BCUT2D eigenvalue weighted by Gasteiger charge is 2.48. The van der Waals surface area contributed by atoms with Crippen molar-refractivity contribution in [3.05, 3.63) is 100 Å². The third kappa shape index (κ3) is 2.84. The number of anilines is 2. The van der Waals surface area contributed by atoms with Crippen molar-refractivity contribution in [3.8, 4) is 0 Å². The summed E-state index contributed by atoms with van der Waals surface area (Å²) < 4.78 is 0. The van der Waals surface area contributed by atoms with Crippen molar-refractivity contribution in [2.24, 2.45) is 5.92 Å². The number of nitro benzene ring substituents is 1. The number of carbonyl (C=O) groups is 1. The average molecular weight is 385 g/mol. The Morgan fingerprint density at radius 3 is 2.34 bits per heavy atom. The molecule has 0 unspecified atom stereocenters. The monoisotopic (exact) mass is 385 g/mol. The molecule has 6 nitrogen and oxygen atoms in total. The van der Waals surface area contributed by atoms with Crippen LogP contribution in [-0.4, -0.2) is 10.8 Å². The summed E-state index contributed by atoms with van der Waals surface area (Å²) >= 11 is 0. The van der Waals surface area contributed by atoms with E-state index < -0.39 is 4.92 Å². The van der Waals surface area contributed by atoms with Crippen LogP contribution in [0.1, 0.15) is 29.6 Å². The van der Waals surface area contributed by atoms with E-state index >= 15 is 0 Å². The van der Waals surface area contributed by atoms with Gasteiger partial charge in [-0.2, -0.15) is 0 Å². The summed E-state index contributed by atoms with van der Waals surface area (Å²) in [5, 5.41) is 14.6. The molecule has 0 saturated carbocycles. The quantitative estimate of drug-likeness (QED) is 0.516. The Balaban J connectivity index is 1.60. The van der Waals surface area contributed by atoms with Gasteiger partial charge in [-0.05, 0) is 29.3 Å². The van der Waals surface area contributed by atoms with Crippen LogP contribution in [0.4, 0.5) is 17.1 Å². The smallest absolute Gasteiger partial charge is 0.269 e. The zero-order valence-electron chi connectivity index (χ0n) is 15.6. The van der Waals surface area contributed by atoms with Gasteiger partial charge in [0.15, 0.2) is 0 Å². The van der Waals surface area contributed by atoms with Crippen LogP contribution in [-0.2, 0) is 4.79 Å². The molecule has 3 atom stereocenters. The predicted molar refractivity (Wildman–Crippen MR) is 111 cm³/mol. The maximum absolute atomic E-state index is 13.1. The number of para-hydroxylation sites is 2. The number of nitrogens with zero attached hydrogens (tertiary/aromatic N) is 2. The Kier molecular flexibility index (Phi) is 4.05. The molecular formula is C23H19N3O3. The normalized spacial score (nSPS) is 22.6. The molecule has 5 rings (SSSR count). The van der Waals surface area contributed by atoms with Crippen molar-refractivity contribution < 1.29 is 9.72 Å². The van der Waals surface area contributed by atoms with Gasteiger partial charge in [-0.25, -0.2) is 0 Å². The zero-order valence-corrected chi connectivity index (χ0v) is 15.6. The van der Waals surface area contributed by atoms with E-state index in [0.29, 0.717) is 6.42 Å². The van der Waals surface area contributed by atoms with Crippen molar-refractivity contribution in [2.45, 2.75) is 18.5 Å². The molecule has 3 aromatic rings. The molecule has 2 heterocycles. The summed E-state index contributed by atoms with van der Waals surface area (Å²) in [5.41, 5.74) is 4.00. The molecule has 1 N–H and O–H groups in total. The molecule has 0 aliphatic carbocycles. The minimum absolute atomic E-state index is 0.0269. The van der Waals surface area contributed by atoms with Gasteiger partial charge in [0.2, 0.25) is 5.91 Å². The lowest BCUT2D eigenvalue weighted by atomic mass is 9.80. The molecular weight excluding hydrogens is 366 g/mol. The highest BCUT2D eigenvalue weighted by atomic mass is 16.6. The molecule has 0 bridgehead atoms. The summed E-state index contributed by atoms with van der Waals surface area (Å²) in [4.78, 5) is 25.6. The van der Waals surface area contributed by atoms with Crippen LogP contribution < -0.4 is 10.2 Å². The standard InChI is InChI=1S/C23H19N3O3/c27-21-14-19-22(15-10-12-17(13-11-15)26(28)29)24-20-9-5-4-8-18(20)23(19)25(21)16-6-2-1-3-7-16/h1-13,19,22-24H,14H2/t19-,22+,23+/m0/s1. The van der Waals surface area contributed by atoms with Gasteiger partial charge >= 0.3 is 0 Å². The van der Waals surface area contributed by atoms with E-state index in [1.54, 1.807) is 12.1 Å². The molecule has 144 valence electrons. The molecule has 1 fully saturated rings. The van der Waals surface area contributed by atoms with Crippen LogP contribution in [0.15, 0.2) is 78.9 Å². The lowest BCUT2D eigenvalue weighted by Crippen LogP contribution is -2.35. The highest BCUT2D eigenvalue weighted by Crippen LogP contribution is 2.52. The second-order valence-corrected chi connectivity index (χ2v) is 7.47. The van der Waals surface area contributed by atoms with Crippen molar-refractivity contribution in [3.63, 3.8) is 0 Å². The number of amides is 1. The molecule has 3 aromatic carbocycles. The fourth-order valence-electron chi connectivity index (χ4n) is 4.62. The van der Waals surface area contributed by atoms with E-state index in [-0.39, 0.29) is 29.6 Å². The van der Waals surface area contributed by atoms with Crippen molar-refractivity contribution in [2.75, 3.05) is 10.2 Å². The summed E-state index contributed by atoms with van der Waals surface area (Å²) in [6, 6.07) is 24.3. The first kappa shape index (κ1) is 17.4. The van der Waals surface area contributed by atoms with E-state index in [0.717, 1.165) is 22.5 Å². The lowest BCUT2D eigenvalue weighted by Gasteiger charge is -2.39. The first-order chi connectivity index (χ1) is 14.1. The molecule has 0 spiro atoms. The number of hydrogen-bond acceptors (Lipinski definition) is 4. The Morgan fingerprint density at radius 1 is 0.931 bits per heavy atom. The Morgan fingerprint density at radius 2 is 1.62 bits per heavy atom. The number of carbonyl (C=O) groups excluding carboxylic acids is 1. The van der Waals surface area contributed by atoms with Gasteiger partial charge in [0.25, 0.3) is 5.69 Å². The minimum atomic E-state index is -0.396. The van der Waals surface area contributed by atoms with Crippen LogP contribution in [0.5, 0.6) is 0 Å². The van der Waals surface area contributed by atoms with Gasteiger partial charge in [0.1, 0.15) is 0 Å². The molecule has 2 aliphatic heterocycles. The number of hydrogen-bond donors (Lipinski definition) is 1. The minimum Gasteiger partial charge on any atom is -0.378 e. The Bertz CT molecular complexity index is 1080. The first-order valence-electron chi connectivity index (χ1n) is 9.60.